The number of aromatic nitrogens is 2. The Hall–Kier alpha value is -2.34. The lowest BCUT2D eigenvalue weighted by atomic mass is 10.2. The van der Waals surface area contributed by atoms with E-state index in [1.165, 1.54) is 0 Å². The van der Waals surface area contributed by atoms with Gasteiger partial charge in [-0.3, -0.25) is 0 Å². The van der Waals surface area contributed by atoms with Crippen LogP contribution < -0.4 is 5.32 Å². The SMILES string of the molecule is Cc1cc(-n2cccn2)ccc1NC(=O)N1CC[C@@H](O)C1. The molecule has 0 aliphatic carbocycles. The van der Waals surface area contributed by atoms with Crippen LogP contribution in [-0.2, 0) is 0 Å². The zero-order chi connectivity index (χ0) is 14.8. The molecule has 2 aromatic rings. The van der Waals surface area contributed by atoms with E-state index in [2.05, 4.69) is 10.4 Å². The number of urea groups is 1. The zero-order valence-electron chi connectivity index (χ0n) is 11.9. The van der Waals surface area contributed by atoms with Crippen molar-refractivity contribution in [2.45, 2.75) is 19.4 Å². The number of hydrogen-bond acceptors (Lipinski definition) is 3. The van der Waals surface area contributed by atoms with Crippen molar-refractivity contribution in [1.29, 1.82) is 0 Å². The van der Waals surface area contributed by atoms with Crippen LogP contribution in [0.5, 0.6) is 0 Å². The average molecular weight is 286 g/mol. The molecule has 110 valence electrons. The molecule has 1 aromatic heterocycles. The van der Waals surface area contributed by atoms with Crippen LogP contribution in [0.2, 0.25) is 0 Å². The van der Waals surface area contributed by atoms with Gasteiger partial charge < -0.3 is 15.3 Å². The molecule has 1 aliphatic rings. The summed E-state index contributed by atoms with van der Waals surface area (Å²) in [7, 11) is 0. The molecule has 2 N–H and O–H groups in total. The number of β-amino-alcohol motifs (C(OH)–C–C–N with tert-alkyl or cyclic N) is 1. The first-order valence-corrected chi connectivity index (χ1v) is 6.98. The number of nitrogens with zero attached hydrogens (tertiary/aromatic N) is 3. The summed E-state index contributed by atoms with van der Waals surface area (Å²) in [6.45, 7) is 2.94. The summed E-state index contributed by atoms with van der Waals surface area (Å²) in [6.07, 6.45) is 3.84. The van der Waals surface area contributed by atoms with Crippen molar-refractivity contribution < 1.29 is 9.90 Å². The summed E-state index contributed by atoms with van der Waals surface area (Å²) >= 11 is 0. The number of amides is 2. The molecule has 3 rings (SSSR count). The van der Waals surface area contributed by atoms with Crippen LogP contribution in [0.15, 0.2) is 36.7 Å². The number of carbonyl (C=O) groups excluding carboxylic acids is 1. The molecule has 0 radical (unpaired) electrons. The largest absolute Gasteiger partial charge is 0.391 e. The number of aryl methyl sites for hydroxylation is 1. The number of likely N-dealkylation sites (tertiary alicyclic amines) is 1. The fourth-order valence-corrected chi connectivity index (χ4v) is 2.47. The maximum atomic E-state index is 12.1. The highest BCUT2D eigenvalue weighted by molar-refractivity contribution is 5.90. The zero-order valence-corrected chi connectivity index (χ0v) is 11.9. The summed E-state index contributed by atoms with van der Waals surface area (Å²) in [5.41, 5.74) is 2.69. The molecule has 1 saturated heterocycles. The number of nitrogens with one attached hydrogen (secondary N) is 1. The van der Waals surface area contributed by atoms with Gasteiger partial charge in [-0.05, 0) is 43.2 Å². The predicted molar refractivity (Wildman–Crippen MR) is 79.5 cm³/mol. The minimum atomic E-state index is -0.404. The topological polar surface area (TPSA) is 70.4 Å². The van der Waals surface area contributed by atoms with Crippen LogP contribution in [0, 0.1) is 6.92 Å². The second kappa shape index (κ2) is 5.57. The maximum Gasteiger partial charge on any atom is 0.321 e. The molecule has 1 fully saturated rings. The summed E-state index contributed by atoms with van der Waals surface area (Å²) in [4.78, 5) is 13.7. The Morgan fingerprint density at radius 2 is 2.33 bits per heavy atom. The number of aliphatic hydroxyl groups is 1. The normalized spacial score (nSPS) is 18.0. The standard InChI is InChI=1S/C15H18N4O2/c1-11-9-12(19-7-2-6-16-19)3-4-14(11)17-15(21)18-8-5-13(20)10-18/h2-4,6-7,9,13,20H,5,8,10H2,1H3,(H,17,21)/t13-/m1/s1. The lowest BCUT2D eigenvalue weighted by Crippen LogP contribution is -2.33. The summed E-state index contributed by atoms with van der Waals surface area (Å²) in [5, 5.41) is 16.6. The van der Waals surface area contributed by atoms with E-state index in [9.17, 15) is 9.90 Å². The number of carbonyl (C=O) groups is 1. The van der Waals surface area contributed by atoms with Crippen molar-refractivity contribution >= 4 is 11.7 Å². The van der Waals surface area contributed by atoms with Crippen LogP contribution in [0.1, 0.15) is 12.0 Å². The number of rotatable bonds is 2. The first-order valence-electron chi connectivity index (χ1n) is 6.98. The van der Waals surface area contributed by atoms with Crippen molar-refractivity contribution in [3.8, 4) is 5.69 Å². The van der Waals surface area contributed by atoms with E-state index in [1.54, 1.807) is 15.8 Å². The minimum Gasteiger partial charge on any atom is -0.391 e. The second-order valence-electron chi connectivity index (χ2n) is 5.27. The van der Waals surface area contributed by atoms with E-state index in [0.29, 0.717) is 19.5 Å². The Bertz CT molecular complexity index is 639. The van der Waals surface area contributed by atoms with E-state index in [-0.39, 0.29) is 6.03 Å². The fourth-order valence-electron chi connectivity index (χ4n) is 2.47. The van der Waals surface area contributed by atoms with Gasteiger partial charge in [-0.25, -0.2) is 9.48 Å². The van der Waals surface area contributed by atoms with Crippen LogP contribution in [0.3, 0.4) is 0 Å². The predicted octanol–water partition coefficient (Wildman–Crippen LogP) is 1.78. The first kappa shape index (κ1) is 13.6. The Kier molecular flexibility index (Phi) is 3.62. The third kappa shape index (κ3) is 2.90. The van der Waals surface area contributed by atoms with E-state index in [0.717, 1.165) is 16.9 Å². The van der Waals surface area contributed by atoms with Crippen LogP contribution in [-0.4, -0.2) is 45.0 Å². The third-order valence-corrected chi connectivity index (χ3v) is 3.67. The Morgan fingerprint density at radius 1 is 1.48 bits per heavy atom. The van der Waals surface area contributed by atoms with Gasteiger partial charge in [-0.15, -0.1) is 0 Å². The molecule has 0 spiro atoms. The number of aliphatic hydroxyl groups excluding tert-OH is 1. The Labute approximate surface area is 123 Å². The smallest absolute Gasteiger partial charge is 0.321 e. The Morgan fingerprint density at radius 3 is 2.95 bits per heavy atom. The number of anilines is 1. The molecule has 1 atom stereocenters. The molecular formula is C15H18N4O2. The molecule has 1 aliphatic heterocycles. The quantitative estimate of drug-likeness (QED) is 0.884. The van der Waals surface area contributed by atoms with Crippen molar-refractivity contribution in [3.63, 3.8) is 0 Å². The average Bonchev–Trinajstić information content (AvgIpc) is 3.12. The van der Waals surface area contributed by atoms with Gasteiger partial charge in [0.1, 0.15) is 0 Å². The molecule has 0 saturated carbocycles. The van der Waals surface area contributed by atoms with Gasteiger partial charge in [-0.1, -0.05) is 0 Å². The molecule has 0 bridgehead atoms. The first-order chi connectivity index (χ1) is 10.1. The van der Waals surface area contributed by atoms with Gasteiger partial charge in [0.25, 0.3) is 0 Å². The Balaban J connectivity index is 1.73. The maximum absolute atomic E-state index is 12.1. The number of hydrogen-bond donors (Lipinski definition) is 2. The van der Waals surface area contributed by atoms with Crippen LogP contribution in [0.25, 0.3) is 5.69 Å². The van der Waals surface area contributed by atoms with E-state index in [1.807, 2.05) is 37.4 Å². The highest BCUT2D eigenvalue weighted by atomic mass is 16.3. The molecule has 6 heteroatoms. The van der Waals surface area contributed by atoms with E-state index < -0.39 is 6.10 Å². The molecular weight excluding hydrogens is 268 g/mol. The van der Waals surface area contributed by atoms with Gasteiger partial charge in [0.15, 0.2) is 0 Å². The van der Waals surface area contributed by atoms with Gasteiger partial charge >= 0.3 is 6.03 Å². The molecule has 2 heterocycles. The summed E-state index contributed by atoms with van der Waals surface area (Å²) in [5.74, 6) is 0. The minimum absolute atomic E-state index is 0.165. The molecule has 6 nitrogen and oxygen atoms in total. The highest BCUT2D eigenvalue weighted by Crippen LogP contribution is 2.20. The molecule has 1 aromatic carbocycles. The molecule has 21 heavy (non-hydrogen) atoms. The monoisotopic (exact) mass is 286 g/mol. The lowest BCUT2D eigenvalue weighted by molar-refractivity contribution is 0.176. The lowest BCUT2D eigenvalue weighted by Gasteiger charge is -2.18. The van der Waals surface area contributed by atoms with Crippen molar-refractivity contribution in [3.05, 3.63) is 42.2 Å². The van der Waals surface area contributed by atoms with Crippen molar-refractivity contribution in [1.82, 2.24) is 14.7 Å². The highest BCUT2D eigenvalue weighted by Gasteiger charge is 2.24. The van der Waals surface area contributed by atoms with Crippen molar-refractivity contribution in [2.75, 3.05) is 18.4 Å². The summed E-state index contributed by atoms with van der Waals surface area (Å²) < 4.78 is 1.77. The van der Waals surface area contributed by atoms with Gasteiger partial charge in [-0.2, -0.15) is 5.10 Å². The summed E-state index contributed by atoms with van der Waals surface area (Å²) in [6, 6.07) is 7.46. The second-order valence-corrected chi connectivity index (χ2v) is 5.27. The molecule has 2 amide bonds. The van der Waals surface area contributed by atoms with Crippen LogP contribution >= 0.6 is 0 Å². The third-order valence-electron chi connectivity index (χ3n) is 3.67. The van der Waals surface area contributed by atoms with Crippen molar-refractivity contribution in [2.24, 2.45) is 0 Å². The van der Waals surface area contributed by atoms with E-state index >= 15 is 0 Å². The fraction of sp³-hybridized carbons (Fsp3) is 0.333. The van der Waals surface area contributed by atoms with E-state index in [4.69, 9.17) is 0 Å². The number of benzene rings is 1. The van der Waals surface area contributed by atoms with Crippen LogP contribution in [0.4, 0.5) is 10.5 Å². The van der Waals surface area contributed by atoms with Gasteiger partial charge in [0.2, 0.25) is 0 Å². The molecule has 0 unspecified atom stereocenters. The van der Waals surface area contributed by atoms with Gasteiger partial charge in [0, 0.05) is 31.2 Å². The van der Waals surface area contributed by atoms with Gasteiger partial charge in [0.05, 0.1) is 11.8 Å².